The van der Waals surface area contributed by atoms with Crippen molar-refractivity contribution in [2.75, 3.05) is 5.88 Å². The molecule has 0 bridgehead atoms. The number of halogens is 2. The number of hydrogen-bond donors (Lipinski definition) is 0. The van der Waals surface area contributed by atoms with E-state index in [-0.39, 0.29) is 5.88 Å². The van der Waals surface area contributed by atoms with Gasteiger partial charge in [-0.15, -0.1) is 11.6 Å². The van der Waals surface area contributed by atoms with Crippen LogP contribution in [0.15, 0.2) is 42.5 Å². The van der Waals surface area contributed by atoms with Crippen LogP contribution in [-0.2, 0) is 6.61 Å². The molecule has 2 nitrogen and oxygen atoms in total. The Morgan fingerprint density at radius 2 is 1.90 bits per heavy atom. The van der Waals surface area contributed by atoms with Crippen LogP contribution in [0.3, 0.4) is 0 Å². The summed E-state index contributed by atoms with van der Waals surface area (Å²) in [6.45, 7) is 0.303. The van der Waals surface area contributed by atoms with Gasteiger partial charge in [-0.1, -0.05) is 24.0 Å². The highest BCUT2D eigenvalue weighted by Crippen LogP contribution is 2.17. The predicted octanol–water partition coefficient (Wildman–Crippen LogP) is 3.87. The summed E-state index contributed by atoms with van der Waals surface area (Å²) in [5.74, 6) is 5.38. The number of ether oxygens (including phenoxy) is 1. The molecule has 0 saturated carbocycles. The van der Waals surface area contributed by atoms with Crippen molar-refractivity contribution in [2.45, 2.75) is 6.61 Å². The minimum Gasteiger partial charge on any atom is -0.489 e. The molecule has 104 valence electrons. The molecule has 0 spiro atoms. The van der Waals surface area contributed by atoms with E-state index in [0.717, 1.165) is 5.56 Å². The Kier molecular flexibility index (Phi) is 5.21. The standard InChI is InChI=1S/C17H11ClFNO/c18-9-1-2-15-7-8-16(10-17(15)19)21-12-14-5-3-13(11-20)4-6-14/h3-8,10H,9,12H2. The van der Waals surface area contributed by atoms with E-state index in [4.69, 9.17) is 21.6 Å². The predicted molar refractivity (Wildman–Crippen MR) is 79.5 cm³/mol. The molecule has 0 atom stereocenters. The van der Waals surface area contributed by atoms with Gasteiger partial charge in [0.2, 0.25) is 0 Å². The maximum Gasteiger partial charge on any atom is 0.142 e. The lowest BCUT2D eigenvalue weighted by Gasteiger charge is -2.07. The third-order valence-corrected chi connectivity index (χ3v) is 2.85. The molecule has 21 heavy (non-hydrogen) atoms. The number of rotatable bonds is 3. The maximum atomic E-state index is 13.7. The summed E-state index contributed by atoms with van der Waals surface area (Å²) in [6, 6.07) is 13.6. The minimum absolute atomic E-state index is 0.163. The first-order valence-electron chi connectivity index (χ1n) is 6.19. The summed E-state index contributed by atoms with van der Waals surface area (Å²) in [5, 5.41) is 8.71. The van der Waals surface area contributed by atoms with Gasteiger partial charge in [0.15, 0.2) is 0 Å². The highest BCUT2D eigenvalue weighted by molar-refractivity contribution is 6.19. The highest BCUT2D eigenvalue weighted by Gasteiger charge is 2.03. The van der Waals surface area contributed by atoms with Crippen molar-refractivity contribution in [1.29, 1.82) is 5.26 Å². The Hall–Kier alpha value is -2.49. The van der Waals surface area contributed by atoms with Crippen LogP contribution in [0.25, 0.3) is 0 Å². The van der Waals surface area contributed by atoms with Gasteiger partial charge >= 0.3 is 0 Å². The summed E-state index contributed by atoms with van der Waals surface area (Å²) in [7, 11) is 0. The zero-order chi connectivity index (χ0) is 15.1. The number of benzene rings is 2. The molecule has 0 fully saturated rings. The van der Waals surface area contributed by atoms with Gasteiger partial charge in [0.25, 0.3) is 0 Å². The monoisotopic (exact) mass is 299 g/mol. The molecule has 0 aliphatic rings. The lowest BCUT2D eigenvalue weighted by molar-refractivity contribution is 0.304. The van der Waals surface area contributed by atoms with Crippen LogP contribution < -0.4 is 4.74 Å². The summed E-state index contributed by atoms with van der Waals surface area (Å²) in [4.78, 5) is 0. The van der Waals surface area contributed by atoms with E-state index in [9.17, 15) is 4.39 Å². The fourth-order valence-electron chi connectivity index (χ4n) is 1.66. The van der Waals surface area contributed by atoms with Gasteiger partial charge in [-0.05, 0) is 29.8 Å². The van der Waals surface area contributed by atoms with Crippen LogP contribution in [0, 0.1) is 29.0 Å². The number of nitrogens with zero attached hydrogens (tertiary/aromatic N) is 1. The van der Waals surface area contributed by atoms with Gasteiger partial charge in [0.05, 0.1) is 23.1 Å². The molecule has 0 radical (unpaired) electrons. The van der Waals surface area contributed by atoms with Gasteiger partial charge in [-0.25, -0.2) is 4.39 Å². The minimum atomic E-state index is -0.440. The van der Waals surface area contributed by atoms with Crippen LogP contribution in [-0.4, -0.2) is 5.88 Å². The summed E-state index contributed by atoms with van der Waals surface area (Å²) in [5.41, 5.74) is 1.79. The number of hydrogen-bond acceptors (Lipinski definition) is 2. The molecule has 0 aliphatic carbocycles. The topological polar surface area (TPSA) is 33.0 Å². The Morgan fingerprint density at radius 1 is 1.14 bits per heavy atom. The first-order chi connectivity index (χ1) is 10.2. The normalized spacial score (nSPS) is 9.38. The molecule has 0 N–H and O–H groups in total. The van der Waals surface area contributed by atoms with Crippen molar-refractivity contribution in [3.63, 3.8) is 0 Å². The van der Waals surface area contributed by atoms with Crippen molar-refractivity contribution >= 4 is 11.6 Å². The molecule has 0 amide bonds. The fourth-order valence-corrected chi connectivity index (χ4v) is 1.72. The Balaban J connectivity index is 2.03. The molecule has 0 unspecified atom stereocenters. The van der Waals surface area contributed by atoms with Crippen LogP contribution in [0.1, 0.15) is 16.7 Å². The van der Waals surface area contributed by atoms with Crippen molar-refractivity contribution in [2.24, 2.45) is 0 Å². The van der Waals surface area contributed by atoms with Crippen LogP contribution in [0.2, 0.25) is 0 Å². The molecule has 2 rings (SSSR count). The van der Waals surface area contributed by atoms with Crippen LogP contribution in [0.5, 0.6) is 5.75 Å². The van der Waals surface area contributed by atoms with E-state index in [1.54, 1.807) is 36.4 Å². The first kappa shape index (κ1) is 14.9. The van der Waals surface area contributed by atoms with Crippen LogP contribution in [0.4, 0.5) is 4.39 Å². The van der Waals surface area contributed by atoms with Gasteiger partial charge < -0.3 is 4.74 Å². The molecule has 4 heteroatoms. The van der Waals surface area contributed by atoms with E-state index in [1.807, 2.05) is 6.07 Å². The molecular formula is C17H11ClFNO. The van der Waals surface area contributed by atoms with E-state index in [1.165, 1.54) is 6.07 Å². The third kappa shape index (κ3) is 4.24. The molecule has 0 aliphatic heterocycles. The maximum absolute atomic E-state index is 13.7. The molecule has 2 aromatic carbocycles. The lowest BCUT2D eigenvalue weighted by atomic mass is 10.1. The van der Waals surface area contributed by atoms with E-state index >= 15 is 0 Å². The van der Waals surface area contributed by atoms with Crippen molar-refractivity contribution in [3.05, 3.63) is 65.0 Å². The Labute approximate surface area is 127 Å². The van der Waals surface area contributed by atoms with Crippen molar-refractivity contribution in [3.8, 4) is 23.7 Å². The molecular weight excluding hydrogens is 289 g/mol. The summed E-state index contributed by atoms with van der Waals surface area (Å²) in [6.07, 6.45) is 0. The third-order valence-electron chi connectivity index (χ3n) is 2.72. The largest absolute Gasteiger partial charge is 0.489 e. The van der Waals surface area contributed by atoms with Gasteiger partial charge in [0.1, 0.15) is 18.2 Å². The van der Waals surface area contributed by atoms with Crippen molar-refractivity contribution in [1.82, 2.24) is 0 Å². The average Bonchev–Trinajstić information content (AvgIpc) is 2.52. The second-order valence-electron chi connectivity index (χ2n) is 4.17. The van der Waals surface area contributed by atoms with E-state index < -0.39 is 5.82 Å². The highest BCUT2D eigenvalue weighted by atomic mass is 35.5. The first-order valence-corrected chi connectivity index (χ1v) is 6.72. The smallest absolute Gasteiger partial charge is 0.142 e. The van der Waals surface area contributed by atoms with Gasteiger partial charge in [-0.3, -0.25) is 0 Å². The zero-order valence-corrected chi connectivity index (χ0v) is 11.8. The van der Waals surface area contributed by atoms with Gasteiger partial charge in [0, 0.05) is 6.07 Å². The van der Waals surface area contributed by atoms with Crippen molar-refractivity contribution < 1.29 is 9.13 Å². The molecule has 0 heterocycles. The lowest BCUT2D eigenvalue weighted by Crippen LogP contribution is -1.96. The Bertz CT molecular complexity index is 723. The van der Waals surface area contributed by atoms with E-state index in [0.29, 0.717) is 23.5 Å². The summed E-state index contributed by atoms with van der Waals surface area (Å²) >= 11 is 5.43. The zero-order valence-electron chi connectivity index (χ0n) is 11.1. The summed E-state index contributed by atoms with van der Waals surface area (Å²) < 4.78 is 19.2. The van der Waals surface area contributed by atoms with Gasteiger partial charge in [-0.2, -0.15) is 5.26 Å². The molecule has 0 saturated heterocycles. The fraction of sp³-hybridized carbons (Fsp3) is 0.118. The quantitative estimate of drug-likeness (QED) is 0.637. The Morgan fingerprint density at radius 3 is 2.52 bits per heavy atom. The molecule has 0 aromatic heterocycles. The number of nitriles is 1. The second kappa shape index (κ2) is 7.33. The van der Waals surface area contributed by atoms with Crippen LogP contribution >= 0.6 is 11.6 Å². The second-order valence-corrected chi connectivity index (χ2v) is 4.44. The van der Waals surface area contributed by atoms with E-state index in [2.05, 4.69) is 11.8 Å². The average molecular weight is 300 g/mol. The molecule has 2 aromatic rings. The SMILES string of the molecule is N#Cc1ccc(COc2ccc(C#CCCl)c(F)c2)cc1. The number of alkyl halides is 1.